The number of nitrogens with zero attached hydrogens (tertiary/aromatic N) is 3. The molecule has 0 bridgehead atoms. The van der Waals surface area contributed by atoms with E-state index >= 15 is 0 Å². The summed E-state index contributed by atoms with van der Waals surface area (Å²) >= 11 is 0. The van der Waals surface area contributed by atoms with Gasteiger partial charge in [0.2, 0.25) is 0 Å². The number of unbranched alkanes of at least 4 members (excludes halogenated alkanes) is 1. The normalized spacial score (nSPS) is 20.8. The predicted octanol–water partition coefficient (Wildman–Crippen LogP) is 2.00. The number of carbonyl (C=O) groups excluding carboxylic acids is 3. The third-order valence-corrected chi connectivity index (χ3v) is 5.60. The highest BCUT2D eigenvalue weighted by Crippen LogP contribution is 2.24. The summed E-state index contributed by atoms with van der Waals surface area (Å²) in [6.45, 7) is 4.44. The Morgan fingerprint density at radius 2 is 1.80 bits per heavy atom. The van der Waals surface area contributed by atoms with Crippen molar-refractivity contribution in [1.29, 1.82) is 0 Å². The van der Waals surface area contributed by atoms with Crippen LogP contribution in [-0.4, -0.2) is 73.9 Å². The van der Waals surface area contributed by atoms with Gasteiger partial charge in [0.05, 0.1) is 24.2 Å². The van der Waals surface area contributed by atoms with Crippen molar-refractivity contribution in [3.8, 4) is 0 Å². The fourth-order valence-corrected chi connectivity index (χ4v) is 3.97. The Bertz CT molecular complexity index is 794. The van der Waals surface area contributed by atoms with E-state index in [0.717, 1.165) is 18.9 Å². The zero-order chi connectivity index (χ0) is 21.0. The molecule has 0 radical (unpaired) electrons. The molecular formula is C21H29IN4O4. The SMILES string of the molecule is CN=C(NCCCCN1C(=O)c2ccccc2C1=O)N1CC(C)C(C(=O)OC)C1.I. The molecule has 1 aromatic carbocycles. The number of benzene rings is 1. The van der Waals surface area contributed by atoms with Gasteiger partial charge in [0.15, 0.2) is 5.96 Å². The fourth-order valence-electron chi connectivity index (χ4n) is 3.97. The van der Waals surface area contributed by atoms with E-state index in [1.807, 2.05) is 6.92 Å². The molecule has 3 rings (SSSR count). The number of rotatable bonds is 6. The van der Waals surface area contributed by atoms with E-state index in [1.54, 1.807) is 31.3 Å². The molecule has 0 aliphatic carbocycles. The monoisotopic (exact) mass is 528 g/mol. The van der Waals surface area contributed by atoms with Crippen LogP contribution in [0.3, 0.4) is 0 Å². The van der Waals surface area contributed by atoms with Gasteiger partial charge in [-0.05, 0) is 30.9 Å². The van der Waals surface area contributed by atoms with Gasteiger partial charge >= 0.3 is 5.97 Å². The predicted molar refractivity (Wildman–Crippen MR) is 124 cm³/mol. The van der Waals surface area contributed by atoms with E-state index in [2.05, 4.69) is 15.2 Å². The molecule has 2 unspecified atom stereocenters. The zero-order valence-electron chi connectivity index (χ0n) is 17.6. The lowest BCUT2D eigenvalue weighted by molar-refractivity contribution is -0.146. The topological polar surface area (TPSA) is 91.3 Å². The van der Waals surface area contributed by atoms with Gasteiger partial charge in [0, 0.05) is 33.2 Å². The van der Waals surface area contributed by atoms with E-state index < -0.39 is 0 Å². The van der Waals surface area contributed by atoms with Crippen LogP contribution in [0.5, 0.6) is 0 Å². The number of likely N-dealkylation sites (tertiary alicyclic amines) is 1. The molecule has 2 atom stereocenters. The number of methoxy groups -OCH3 is 1. The first-order valence-corrected chi connectivity index (χ1v) is 9.96. The highest BCUT2D eigenvalue weighted by Gasteiger charge is 2.37. The maximum absolute atomic E-state index is 12.4. The first kappa shape index (κ1) is 24.1. The van der Waals surface area contributed by atoms with Crippen molar-refractivity contribution in [3.05, 3.63) is 35.4 Å². The quantitative estimate of drug-likeness (QED) is 0.152. The number of fused-ring (bicyclic) bond motifs is 1. The average molecular weight is 528 g/mol. The largest absolute Gasteiger partial charge is 0.469 e. The maximum Gasteiger partial charge on any atom is 0.310 e. The molecule has 2 aliphatic rings. The first-order chi connectivity index (χ1) is 14.0. The summed E-state index contributed by atoms with van der Waals surface area (Å²) in [6, 6.07) is 6.93. The van der Waals surface area contributed by atoms with Crippen LogP contribution in [0.2, 0.25) is 0 Å². The molecule has 2 amide bonds. The molecule has 1 N–H and O–H groups in total. The number of guanidine groups is 1. The molecule has 1 fully saturated rings. The Balaban J connectivity index is 0.00000320. The average Bonchev–Trinajstić information content (AvgIpc) is 3.23. The lowest BCUT2D eigenvalue weighted by atomic mass is 9.99. The molecule has 2 aliphatic heterocycles. The minimum absolute atomic E-state index is 0. The molecule has 0 aromatic heterocycles. The second-order valence-electron chi connectivity index (χ2n) is 7.50. The van der Waals surface area contributed by atoms with Crippen molar-refractivity contribution in [3.63, 3.8) is 0 Å². The van der Waals surface area contributed by atoms with Crippen molar-refractivity contribution >= 4 is 47.7 Å². The number of nitrogens with one attached hydrogen (secondary N) is 1. The fraction of sp³-hybridized carbons (Fsp3) is 0.524. The minimum atomic E-state index is -0.214. The van der Waals surface area contributed by atoms with Gasteiger partial charge in [0.1, 0.15) is 0 Å². The minimum Gasteiger partial charge on any atom is -0.469 e. The smallest absolute Gasteiger partial charge is 0.310 e. The Hall–Kier alpha value is -2.17. The summed E-state index contributed by atoms with van der Waals surface area (Å²) in [5.74, 6) is 0.200. The number of hydrogen-bond donors (Lipinski definition) is 1. The number of carbonyl (C=O) groups is 3. The van der Waals surface area contributed by atoms with Crippen LogP contribution in [0.4, 0.5) is 0 Å². The molecule has 164 valence electrons. The second-order valence-corrected chi connectivity index (χ2v) is 7.50. The number of imide groups is 1. The van der Waals surface area contributed by atoms with E-state index in [4.69, 9.17) is 4.74 Å². The van der Waals surface area contributed by atoms with Gasteiger partial charge in [-0.15, -0.1) is 24.0 Å². The number of halogens is 1. The number of hydrogen-bond acceptors (Lipinski definition) is 5. The Morgan fingerprint density at radius 1 is 1.17 bits per heavy atom. The molecule has 0 spiro atoms. The molecule has 8 nitrogen and oxygen atoms in total. The molecule has 1 aromatic rings. The molecule has 30 heavy (non-hydrogen) atoms. The summed E-state index contributed by atoms with van der Waals surface area (Å²) in [4.78, 5) is 44.3. The van der Waals surface area contributed by atoms with Gasteiger partial charge in [-0.2, -0.15) is 0 Å². The number of amides is 2. The van der Waals surface area contributed by atoms with Crippen LogP contribution in [0, 0.1) is 11.8 Å². The summed E-state index contributed by atoms with van der Waals surface area (Å²) < 4.78 is 4.88. The van der Waals surface area contributed by atoms with Crippen LogP contribution in [0.1, 0.15) is 40.5 Å². The van der Waals surface area contributed by atoms with Gasteiger partial charge < -0.3 is 15.0 Å². The Labute approximate surface area is 194 Å². The maximum atomic E-state index is 12.4. The third kappa shape index (κ3) is 4.93. The van der Waals surface area contributed by atoms with Crippen LogP contribution in [0.15, 0.2) is 29.3 Å². The standard InChI is InChI=1S/C21H28N4O4.HI/c1-14-12-24(13-17(14)20(28)29-3)21(22-2)23-10-6-7-11-25-18(26)15-8-4-5-9-16(15)19(25)27;/h4-5,8-9,14,17H,6-7,10-13H2,1-3H3,(H,22,23);1H. The number of aliphatic imine (C=N–C) groups is 1. The van der Waals surface area contributed by atoms with Crippen molar-refractivity contribution < 1.29 is 19.1 Å². The van der Waals surface area contributed by atoms with Gasteiger partial charge in [-0.1, -0.05) is 19.1 Å². The van der Waals surface area contributed by atoms with Gasteiger partial charge in [-0.25, -0.2) is 0 Å². The van der Waals surface area contributed by atoms with Crippen molar-refractivity contribution in [2.75, 3.05) is 40.3 Å². The van der Waals surface area contributed by atoms with Crippen LogP contribution < -0.4 is 5.32 Å². The van der Waals surface area contributed by atoms with Gasteiger partial charge in [0.25, 0.3) is 11.8 Å². The summed E-state index contributed by atoms with van der Waals surface area (Å²) in [5, 5.41) is 3.31. The van der Waals surface area contributed by atoms with Crippen LogP contribution >= 0.6 is 24.0 Å². The summed E-state index contributed by atoms with van der Waals surface area (Å²) in [6.07, 6.45) is 1.49. The highest BCUT2D eigenvalue weighted by molar-refractivity contribution is 14.0. The Kier molecular flexibility index (Phi) is 8.63. The summed E-state index contributed by atoms with van der Waals surface area (Å²) in [7, 11) is 3.14. The Morgan fingerprint density at radius 3 is 2.37 bits per heavy atom. The van der Waals surface area contributed by atoms with Crippen molar-refractivity contribution in [2.24, 2.45) is 16.8 Å². The molecule has 0 saturated carbocycles. The first-order valence-electron chi connectivity index (χ1n) is 9.96. The third-order valence-electron chi connectivity index (χ3n) is 5.60. The van der Waals surface area contributed by atoms with Gasteiger partial charge in [-0.3, -0.25) is 24.3 Å². The highest BCUT2D eigenvalue weighted by atomic mass is 127. The van der Waals surface area contributed by atoms with Crippen molar-refractivity contribution in [2.45, 2.75) is 19.8 Å². The molecule has 1 saturated heterocycles. The van der Waals surface area contributed by atoms with Crippen LogP contribution in [0.25, 0.3) is 0 Å². The van der Waals surface area contributed by atoms with E-state index in [9.17, 15) is 14.4 Å². The lowest BCUT2D eigenvalue weighted by Crippen LogP contribution is -2.41. The molecule has 9 heteroatoms. The zero-order valence-corrected chi connectivity index (χ0v) is 19.9. The lowest BCUT2D eigenvalue weighted by Gasteiger charge is -2.21. The molecule has 2 heterocycles. The second kappa shape index (κ2) is 10.7. The van der Waals surface area contributed by atoms with Crippen molar-refractivity contribution in [1.82, 2.24) is 15.1 Å². The summed E-state index contributed by atoms with van der Waals surface area (Å²) in [5.41, 5.74) is 0.971. The van der Waals surface area contributed by atoms with E-state index in [0.29, 0.717) is 37.2 Å². The number of esters is 1. The number of ether oxygens (including phenoxy) is 1. The molecular weight excluding hydrogens is 499 g/mol. The van der Waals surface area contributed by atoms with Crippen LogP contribution in [-0.2, 0) is 9.53 Å². The van der Waals surface area contributed by atoms with E-state index in [1.165, 1.54) is 12.0 Å². The van der Waals surface area contributed by atoms with E-state index in [-0.39, 0.29) is 53.6 Å².